The molecule has 5 heteroatoms. The lowest BCUT2D eigenvalue weighted by molar-refractivity contribution is -0.119. The summed E-state index contributed by atoms with van der Waals surface area (Å²) in [5, 5.41) is 13.0. The maximum atomic E-state index is 12.3. The number of rotatable bonds is 2. The first-order chi connectivity index (χ1) is 9.84. The molecule has 0 saturated carbocycles. The smallest absolute Gasteiger partial charge is 0.242 e. The van der Waals surface area contributed by atoms with E-state index in [1.807, 2.05) is 20.8 Å². The van der Waals surface area contributed by atoms with Gasteiger partial charge in [-0.2, -0.15) is 5.26 Å². The quantitative estimate of drug-likeness (QED) is 0.823. The van der Waals surface area contributed by atoms with Crippen LogP contribution in [0.4, 0.5) is 5.00 Å². The predicted octanol–water partition coefficient (Wildman–Crippen LogP) is 3.20. The molecular weight excluding hydrogens is 282 g/mol. The summed E-state index contributed by atoms with van der Waals surface area (Å²) in [6.07, 6.45) is 5.44. The molecule has 0 saturated heterocycles. The average Bonchev–Trinajstić information content (AvgIpc) is 2.58. The second-order valence-corrected chi connectivity index (χ2v) is 7.82. The monoisotopic (exact) mass is 305 g/mol. The van der Waals surface area contributed by atoms with Gasteiger partial charge < -0.3 is 11.1 Å². The highest BCUT2D eigenvalue weighted by Gasteiger charge is 2.29. The molecule has 1 heterocycles. The molecule has 1 aromatic heterocycles. The molecule has 0 radical (unpaired) electrons. The van der Waals surface area contributed by atoms with Crippen molar-refractivity contribution in [1.82, 2.24) is 0 Å². The molecule has 0 aromatic carbocycles. The Kier molecular flexibility index (Phi) is 4.70. The molecule has 1 aromatic rings. The molecule has 0 aliphatic heterocycles. The lowest BCUT2D eigenvalue weighted by Crippen LogP contribution is -2.45. The topological polar surface area (TPSA) is 78.9 Å². The summed E-state index contributed by atoms with van der Waals surface area (Å²) in [7, 11) is 0. The van der Waals surface area contributed by atoms with Gasteiger partial charge in [0.1, 0.15) is 11.1 Å². The van der Waals surface area contributed by atoms with Gasteiger partial charge in [-0.25, -0.2) is 0 Å². The Labute approximate surface area is 130 Å². The third-order valence-electron chi connectivity index (χ3n) is 3.99. The van der Waals surface area contributed by atoms with Gasteiger partial charge in [0.15, 0.2) is 0 Å². The number of aryl methyl sites for hydroxylation is 1. The number of amides is 1. The fraction of sp³-hybridized carbons (Fsp3) is 0.625. The van der Waals surface area contributed by atoms with Crippen LogP contribution in [0.15, 0.2) is 0 Å². The number of fused-ring (bicyclic) bond motifs is 1. The van der Waals surface area contributed by atoms with Crippen molar-refractivity contribution in [2.45, 2.75) is 58.9 Å². The molecule has 114 valence electrons. The average molecular weight is 305 g/mol. The van der Waals surface area contributed by atoms with E-state index in [4.69, 9.17) is 5.73 Å². The number of hydrogen-bond acceptors (Lipinski definition) is 4. The van der Waals surface area contributed by atoms with Gasteiger partial charge in [-0.15, -0.1) is 11.3 Å². The van der Waals surface area contributed by atoms with Crippen LogP contribution in [0.2, 0.25) is 0 Å². The molecule has 3 N–H and O–H groups in total. The number of carbonyl (C=O) groups excluding carboxylic acids is 1. The molecule has 4 nitrogen and oxygen atoms in total. The Balaban J connectivity index is 2.25. The second kappa shape index (κ2) is 6.17. The Hall–Kier alpha value is -1.38. The maximum absolute atomic E-state index is 12.3. The Morgan fingerprint density at radius 1 is 1.33 bits per heavy atom. The molecule has 0 bridgehead atoms. The van der Waals surface area contributed by atoms with E-state index in [0.29, 0.717) is 10.6 Å². The second-order valence-electron chi connectivity index (χ2n) is 6.71. The first-order valence-electron chi connectivity index (χ1n) is 7.45. The molecule has 0 unspecified atom stereocenters. The van der Waals surface area contributed by atoms with Crippen molar-refractivity contribution in [3.8, 4) is 6.07 Å². The van der Waals surface area contributed by atoms with Crippen LogP contribution in [0.25, 0.3) is 0 Å². The van der Waals surface area contributed by atoms with Crippen LogP contribution >= 0.6 is 11.3 Å². The molecule has 0 fully saturated rings. The van der Waals surface area contributed by atoms with Gasteiger partial charge in [-0.05, 0) is 36.7 Å². The van der Waals surface area contributed by atoms with Crippen molar-refractivity contribution < 1.29 is 4.79 Å². The first-order valence-corrected chi connectivity index (χ1v) is 8.27. The normalized spacial score (nSPS) is 16.5. The van der Waals surface area contributed by atoms with E-state index in [1.54, 1.807) is 11.3 Å². The van der Waals surface area contributed by atoms with Crippen LogP contribution in [0.3, 0.4) is 0 Å². The van der Waals surface area contributed by atoms with E-state index < -0.39 is 6.04 Å². The van der Waals surface area contributed by atoms with Crippen molar-refractivity contribution in [3.05, 3.63) is 16.0 Å². The van der Waals surface area contributed by atoms with Gasteiger partial charge in [0.2, 0.25) is 5.91 Å². The summed E-state index contributed by atoms with van der Waals surface area (Å²) in [5.74, 6) is -0.213. The lowest BCUT2D eigenvalue weighted by atomic mass is 9.87. The molecule has 1 amide bonds. The minimum absolute atomic E-state index is 0.213. The van der Waals surface area contributed by atoms with E-state index in [0.717, 1.165) is 31.2 Å². The highest BCUT2D eigenvalue weighted by atomic mass is 32.1. The Morgan fingerprint density at radius 3 is 2.62 bits per heavy atom. The zero-order valence-electron chi connectivity index (χ0n) is 13.0. The molecule has 21 heavy (non-hydrogen) atoms. The fourth-order valence-corrected chi connectivity index (χ4v) is 3.77. The van der Waals surface area contributed by atoms with Crippen LogP contribution in [0.1, 0.15) is 56.0 Å². The molecule has 1 atom stereocenters. The summed E-state index contributed by atoms with van der Waals surface area (Å²) in [6.45, 7) is 5.81. The highest BCUT2D eigenvalue weighted by Crippen LogP contribution is 2.37. The number of nitrogens with zero attached hydrogens (tertiary/aromatic N) is 1. The minimum atomic E-state index is -0.592. The fourth-order valence-electron chi connectivity index (χ4n) is 2.53. The summed E-state index contributed by atoms with van der Waals surface area (Å²) >= 11 is 1.55. The van der Waals surface area contributed by atoms with E-state index in [1.165, 1.54) is 11.3 Å². The van der Waals surface area contributed by atoms with Gasteiger partial charge in [0.25, 0.3) is 0 Å². The van der Waals surface area contributed by atoms with Crippen molar-refractivity contribution in [2.24, 2.45) is 11.1 Å². The van der Waals surface area contributed by atoms with E-state index in [2.05, 4.69) is 11.4 Å². The van der Waals surface area contributed by atoms with Gasteiger partial charge in [0, 0.05) is 4.88 Å². The number of carbonyl (C=O) groups is 1. The molecular formula is C16H23N3OS. The number of nitrogens with two attached hydrogens (primary N) is 1. The SMILES string of the molecule is CC(C)(C)[C@@H](N)C(=O)Nc1sc2c(c1C#N)CCCCC2. The number of hydrogen-bond donors (Lipinski definition) is 2. The van der Waals surface area contributed by atoms with E-state index >= 15 is 0 Å². The van der Waals surface area contributed by atoms with Crippen LogP contribution in [0.5, 0.6) is 0 Å². The van der Waals surface area contributed by atoms with Crippen LogP contribution in [-0.2, 0) is 17.6 Å². The van der Waals surface area contributed by atoms with Gasteiger partial charge in [0.05, 0.1) is 11.6 Å². The number of nitriles is 1. The largest absolute Gasteiger partial charge is 0.319 e. The minimum Gasteiger partial charge on any atom is -0.319 e. The van der Waals surface area contributed by atoms with E-state index in [-0.39, 0.29) is 11.3 Å². The molecule has 1 aliphatic rings. The van der Waals surface area contributed by atoms with Crippen LogP contribution in [0, 0.1) is 16.7 Å². The molecule has 1 aliphatic carbocycles. The van der Waals surface area contributed by atoms with Crippen molar-refractivity contribution in [2.75, 3.05) is 5.32 Å². The van der Waals surface area contributed by atoms with E-state index in [9.17, 15) is 10.1 Å². The molecule has 0 spiro atoms. The summed E-state index contributed by atoms with van der Waals surface area (Å²) in [4.78, 5) is 13.5. The summed E-state index contributed by atoms with van der Waals surface area (Å²) in [6, 6.07) is 1.68. The van der Waals surface area contributed by atoms with Gasteiger partial charge in [-0.1, -0.05) is 27.2 Å². The van der Waals surface area contributed by atoms with Crippen molar-refractivity contribution in [1.29, 1.82) is 5.26 Å². The third kappa shape index (κ3) is 3.45. The predicted molar refractivity (Wildman–Crippen MR) is 86.4 cm³/mol. The summed E-state index contributed by atoms with van der Waals surface area (Å²) < 4.78 is 0. The van der Waals surface area contributed by atoms with Gasteiger partial charge >= 0.3 is 0 Å². The lowest BCUT2D eigenvalue weighted by Gasteiger charge is -2.25. The number of nitrogens with one attached hydrogen (secondary N) is 1. The third-order valence-corrected chi connectivity index (χ3v) is 5.19. The van der Waals surface area contributed by atoms with Gasteiger partial charge in [-0.3, -0.25) is 4.79 Å². The zero-order valence-corrected chi connectivity index (χ0v) is 13.8. The van der Waals surface area contributed by atoms with Crippen LogP contribution in [-0.4, -0.2) is 11.9 Å². The first kappa shape index (κ1) is 16.0. The van der Waals surface area contributed by atoms with Crippen molar-refractivity contribution in [3.63, 3.8) is 0 Å². The Morgan fingerprint density at radius 2 is 2.00 bits per heavy atom. The Bertz CT molecular complexity index is 578. The zero-order chi connectivity index (χ0) is 15.6. The maximum Gasteiger partial charge on any atom is 0.242 e. The highest BCUT2D eigenvalue weighted by molar-refractivity contribution is 7.16. The van der Waals surface area contributed by atoms with Crippen molar-refractivity contribution >= 4 is 22.2 Å². The molecule has 2 rings (SSSR count). The number of anilines is 1. The standard InChI is InChI=1S/C16H23N3OS/c1-16(2,3)13(18)14(20)19-15-11(9-17)10-7-5-4-6-8-12(10)21-15/h13H,4-8,18H2,1-3H3,(H,19,20)/t13-/m0/s1. The number of thiophene rings is 1. The summed E-state index contributed by atoms with van der Waals surface area (Å²) in [5.41, 5.74) is 7.47. The van der Waals surface area contributed by atoms with Crippen LogP contribution < -0.4 is 11.1 Å².